The van der Waals surface area contributed by atoms with E-state index in [1.165, 1.54) is 12.1 Å². The molecule has 2 atom stereocenters. The van der Waals surface area contributed by atoms with Gasteiger partial charge in [0.1, 0.15) is 22.8 Å². The predicted octanol–water partition coefficient (Wildman–Crippen LogP) is 5.48. The summed E-state index contributed by atoms with van der Waals surface area (Å²) in [5, 5.41) is 9.04. The third-order valence-corrected chi connectivity index (χ3v) is 5.90. The Morgan fingerprint density at radius 2 is 1.32 bits per heavy atom. The molecule has 0 aliphatic carbocycles. The molecule has 0 aromatic heterocycles. The zero-order valence-corrected chi connectivity index (χ0v) is 23.3. The number of carbonyl (C=O) groups is 2. The number of halogens is 1. The Hall–Kier alpha value is -2.55. The zero-order chi connectivity index (χ0) is 27.6. The Balaban J connectivity index is 0.000000281. The van der Waals surface area contributed by atoms with Crippen molar-refractivity contribution >= 4 is 12.2 Å². The summed E-state index contributed by atoms with van der Waals surface area (Å²) in [6, 6.07) is 5.99. The Morgan fingerprint density at radius 3 is 1.78 bits per heavy atom. The van der Waals surface area contributed by atoms with Crippen LogP contribution in [-0.2, 0) is 9.47 Å². The maximum atomic E-state index is 12.8. The molecule has 9 heteroatoms. The van der Waals surface area contributed by atoms with Crippen molar-refractivity contribution in [2.75, 3.05) is 39.4 Å². The largest absolute Gasteiger partial charge is 0.493 e. The van der Waals surface area contributed by atoms with Crippen molar-refractivity contribution < 1.29 is 33.3 Å². The molecule has 0 spiro atoms. The van der Waals surface area contributed by atoms with E-state index in [1.807, 2.05) is 41.5 Å². The Bertz CT molecular complexity index is 850. The van der Waals surface area contributed by atoms with E-state index in [9.17, 15) is 14.0 Å². The lowest BCUT2D eigenvalue weighted by molar-refractivity contribution is 0.0125. The van der Waals surface area contributed by atoms with Crippen molar-refractivity contribution in [2.45, 2.75) is 78.4 Å². The Morgan fingerprint density at radius 1 is 0.865 bits per heavy atom. The number of benzene rings is 1. The van der Waals surface area contributed by atoms with Crippen LogP contribution in [-0.4, -0.2) is 77.7 Å². The summed E-state index contributed by atoms with van der Waals surface area (Å²) in [5.74, 6) is 0.856. The number of hydrogen-bond acceptors (Lipinski definition) is 6. The fraction of sp³-hybridized carbons (Fsp3) is 0.714. The average Bonchev–Trinajstić information content (AvgIpc) is 2.82. The smallest absolute Gasteiger partial charge is 0.410 e. The molecule has 0 saturated carbocycles. The minimum Gasteiger partial charge on any atom is -0.493 e. The minimum atomic E-state index is -0.478. The molecule has 3 rings (SSSR count). The average molecular weight is 525 g/mol. The molecule has 2 amide bonds. The number of rotatable bonds is 4. The first kappa shape index (κ1) is 30.7. The first-order chi connectivity index (χ1) is 17.3. The first-order valence-corrected chi connectivity index (χ1v) is 13.2. The molecule has 2 heterocycles. The second-order valence-electron chi connectivity index (χ2n) is 11.8. The molecule has 1 aromatic rings. The summed E-state index contributed by atoms with van der Waals surface area (Å²) in [6.07, 6.45) is 3.37. The van der Waals surface area contributed by atoms with E-state index < -0.39 is 11.2 Å². The van der Waals surface area contributed by atoms with E-state index in [0.29, 0.717) is 25.4 Å². The van der Waals surface area contributed by atoms with E-state index in [-0.39, 0.29) is 36.4 Å². The standard InChI is InChI=1S/C17H24FNO3.C11H21NO3/c1-17(2,3)22-16(20)19-10-4-5-13(11-19)12-21-15-8-6-14(18)7-9-15;1-11(2,3)15-10(14)12-6-4-5-9(7-12)8-13/h6-9,13H,4-5,10-12H2,1-3H3;9,13H,4-8H2,1-3H3. The molecule has 0 radical (unpaired) electrons. The minimum absolute atomic E-state index is 0.152. The normalized spacial score (nSPS) is 20.4. The van der Waals surface area contributed by atoms with Crippen molar-refractivity contribution in [3.05, 3.63) is 30.1 Å². The van der Waals surface area contributed by atoms with Crippen LogP contribution in [0.4, 0.5) is 14.0 Å². The van der Waals surface area contributed by atoms with Crippen LogP contribution in [0.5, 0.6) is 5.75 Å². The number of amides is 2. The molecule has 2 fully saturated rings. The summed E-state index contributed by atoms with van der Waals surface area (Å²) < 4.78 is 29.2. The van der Waals surface area contributed by atoms with Gasteiger partial charge in [0.15, 0.2) is 0 Å². The van der Waals surface area contributed by atoms with Crippen molar-refractivity contribution in [1.29, 1.82) is 0 Å². The van der Waals surface area contributed by atoms with Crippen molar-refractivity contribution in [2.24, 2.45) is 11.8 Å². The maximum Gasteiger partial charge on any atom is 0.410 e. The van der Waals surface area contributed by atoms with Gasteiger partial charge in [0.25, 0.3) is 0 Å². The van der Waals surface area contributed by atoms with Crippen LogP contribution >= 0.6 is 0 Å². The van der Waals surface area contributed by atoms with Gasteiger partial charge in [0, 0.05) is 38.7 Å². The first-order valence-electron chi connectivity index (χ1n) is 13.2. The molecule has 37 heavy (non-hydrogen) atoms. The van der Waals surface area contributed by atoms with Crippen molar-refractivity contribution in [1.82, 2.24) is 9.80 Å². The number of piperidine rings is 2. The lowest BCUT2D eigenvalue weighted by atomic mass is 9.99. The molecule has 1 aromatic carbocycles. The molecule has 2 saturated heterocycles. The van der Waals surface area contributed by atoms with Crippen molar-refractivity contribution in [3.63, 3.8) is 0 Å². The summed E-state index contributed by atoms with van der Waals surface area (Å²) in [5.41, 5.74) is -0.919. The van der Waals surface area contributed by atoms with Gasteiger partial charge in [-0.15, -0.1) is 0 Å². The molecule has 2 aliphatic heterocycles. The summed E-state index contributed by atoms with van der Waals surface area (Å²) in [7, 11) is 0. The topological polar surface area (TPSA) is 88.5 Å². The molecule has 2 unspecified atom stereocenters. The fourth-order valence-electron chi connectivity index (χ4n) is 4.14. The second kappa shape index (κ2) is 13.8. The number of ether oxygens (including phenoxy) is 3. The number of nitrogens with zero attached hydrogens (tertiary/aromatic N) is 2. The SMILES string of the molecule is CC(C)(C)OC(=O)N1CCCC(CO)C1.CC(C)(C)OC(=O)N1CCCC(COc2ccc(F)cc2)C1. The van der Waals surface area contributed by atoms with Crippen LogP contribution in [0.2, 0.25) is 0 Å². The van der Waals surface area contributed by atoms with Gasteiger partial charge in [-0.05, 0) is 97.4 Å². The molecule has 1 N–H and O–H groups in total. The molecule has 0 bridgehead atoms. The molecule has 2 aliphatic rings. The van der Waals surface area contributed by atoms with Gasteiger partial charge in [-0.1, -0.05) is 0 Å². The Kier molecular flexibility index (Phi) is 11.5. The van der Waals surface area contributed by atoms with E-state index in [4.69, 9.17) is 19.3 Å². The highest BCUT2D eigenvalue weighted by Gasteiger charge is 2.28. The summed E-state index contributed by atoms with van der Waals surface area (Å²) in [4.78, 5) is 27.2. The third-order valence-electron chi connectivity index (χ3n) is 5.90. The highest BCUT2D eigenvalue weighted by Crippen LogP contribution is 2.21. The molecular formula is C28H45FN2O6. The molecule has 210 valence electrons. The summed E-state index contributed by atoms with van der Waals surface area (Å²) >= 11 is 0. The predicted molar refractivity (Wildman–Crippen MR) is 140 cm³/mol. The summed E-state index contributed by atoms with van der Waals surface area (Å²) in [6.45, 7) is 14.6. The lowest BCUT2D eigenvalue weighted by Crippen LogP contribution is -2.44. The number of carbonyl (C=O) groups excluding carboxylic acids is 2. The second-order valence-corrected chi connectivity index (χ2v) is 11.8. The Labute approximate surface area is 221 Å². The van der Waals surface area contributed by atoms with Crippen LogP contribution in [0.1, 0.15) is 67.2 Å². The lowest BCUT2D eigenvalue weighted by Gasteiger charge is -2.34. The van der Waals surface area contributed by atoms with E-state index in [1.54, 1.807) is 21.9 Å². The van der Waals surface area contributed by atoms with E-state index in [0.717, 1.165) is 38.8 Å². The van der Waals surface area contributed by atoms with Crippen molar-refractivity contribution in [3.8, 4) is 5.75 Å². The monoisotopic (exact) mass is 524 g/mol. The maximum absolute atomic E-state index is 12.8. The van der Waals surface area contributed by atoms with Gasteiger partial charge in [0.05, 0.1) is 6.61 Å². The number of aliphatic hydroxyl groups is 1. The van der Waals surface area contributed by atoms with Crippen LogP contribution in [0, 0.1) is 17.7 Å². The fourth-order valence-corrected chi connectivity index (χ4v) is 4.14. The molecule has 8 nitrogen and oxygen atoms in total. The van der Waals surface area contributed by atoms with Crippen LogP contribution in [0.15, 0.2) is 24.3 Å². The molecular weight excluding hydrogens is 479 g/mol. The zero-order valence-electron chi connectivity index (χ0n) is 23.3. The van der Waals surface area contributed by atoms with Gasteiger partial charge >= 0.3 is 12.2 Å². The van der Waals surface area contributed by atoms with Gasteiger partial charge in [-0.2, -0.15) is 0 Å². The van der Waals surface area contributed by atoms with Gasteiger partial charge < -0.3 is 29.1 Å². The van der Waals surface area contributed by atoms with Crippen LogP contribution < -0.4 is 4.74 Å². The third kappa shape index (κ3) is 12.0. The van der Waals surface area contributed by atoms with E-state index in [2.05, 4.69) is 0 Å². The number of aliphatic hydroxyl groups excluding tert-OH is 1. The number of hydrogen-bond donors (Lipinski definition) is 1. The quantitative estimate of drug-likeness (QED) is 0.561. The van der Waals surface area contributed by atoms with E-state index >= 15 is 0 Å². The van der Waals surface area contributed by atoms with Gasteiger partial charge in [-0.3, -0.25) is 0 Å². The highest BCUT2D eigenvalue weighted by molar-refractivity contribution is 5.68. The highest BCUT2D eigenvalue weighted by atomic mass is 19.1. The van der Waals surface area contributed by atoms with Gasteiger partial charge in [0.2, 0.25) is 0 Å². The van der Waals surface area contributed by atoms with Gasteiger partial charge in [-0.25, -0.2) is 14.0 Å². The van der Waals surface area contributed by atoms with Crippen LogP contribution in [0.25, 0.3) is 0 Å². The number of likely N-dealkylation sites (tertiary alicyclic amines) is 2. The van der Waals surface area contributed by atoms with Crippen LogP contribution in [0.3, 0.4) is 0 Å².